The summed E-state index contributed by atoms with van der Waals surface area (Å²) < 4.78 is 24.2. The van der Waals surface area contributed by atoms with Crippen molar-refractivity contribution in [3.63, 3.8) is 0 Å². The highest BCUT2D eigenvalue weighted by atomic mass is 19.1. The zero-order valence-electron chi connectivity index (χ0n) is 14.1. The van der Waals surface area contributed by atoms with Gasteiger partial charge in [-0.25, -0.2) is 9.18 Å². The molecule has 0 fully saturated rings. The van der Waals surface area contributed by atoms with Gasteiger partial charge in [0.15, 0.2) is 18.0 Å². The Hall–Kier alpha value is -3.15. The Morgan fingerprint density at radius 3 is 2.81 bits per heavy atom. The van der Waals surface area contributed by atoms with Crippen molar-refractivity contribution in [2.24, 2.45) is 0 Å². The third kappa shape index (κ3) is 2.63. The van der Waals surface area contributed by atoms with Gasteiger partial charge in [-0.3, -0.25) is 4.79 Å². The third-order valence-corrected chi connectivity index (χ3v) is 4.62. The normalized spacial score (nSPS) is 13.1. The van der Waals surface area contributed by atoms with Crippen molar-refractivity contribution >= 4 is 28.5 Å². The average molecular weight is 353 g/mol. The van der Waals surface area contributed by atoms with Crippen molar-refractivity contribution in [3.8, 4) is 0 Å². The first-order valence-corrected chi connectivity index (χ1v) is 8.29. The van der Waals surface area contributed by atoms with E-state index < -0.39 is 18.4 Å². The van der Waals surface area contributed by atoms with Gasteiger partial charge in [-0.05, 0) is 31.0 Å². The van der Waals surface area contributed by atoms with Gasteiger partial charge in [-0.1, -0.05) is 30.3 Å². The molecule has 0 radical (unpaired) electrons. The van der Waals surface area contributed by atoms with Gasteiger partial charge in [0.25, 0.3) is 5.91 Å². The van der Waals surface area contributed by atoms with E-state index in [1.54, 1.807) is 24.0 Å². The van der Waals surface area contributed by atoms with E-state index in [1.165, 1.54) is 6.07 Å². The fourth-order valence-electron chi connectivity index (χ4n) is 3.27. The van der Waals surface area contributed by atoms with Crippen LogP contribution in [0.3, 0.4) is 0 Å². The standard InChI is InChI=1S/C20H16FNO4/c1-12-14-6-4-7-15(21)19(14)26-18(12)20(24)25-11-17(23)22-10-9-13-5-2-3-8-16(13)22/h2-8H,9-11H2,1H3. The summed E-state index contributed by atoms with van der Waals surface area (Å²) in [5.74, 6) is -1.71. The number of amides is 1. The molecule has 0 atom stereocenters. The lowest BCUT2D eigenvalue weighted by Gasteiger charge is -2.16. The molecule has 0 aliphatic carbocycles. The van der Waals surface area contributed by atoms with Crippen molar-refractivity contribution in [2.75, 3.05) is 18.1 Å². The minimum Gasteiger partial charge on any atom is -0.450 e. The quantitative estimate of drug-likeness (QED) is 0.675. The molecular weight excluding hydrogens is 337 g/mol. The van der Waals surface area contributed by atoms with Crippen LogP contribution in [-0.2, 0) is 16.0 Å². The molecule has 6 heteroatoms. The second kappa shape index (κ2) is 6.29. The van der Waals surface area contributed by atoms with Gasteiger partial charge in [-0.15, -0.1) is 0 Å². The number of para-hydroxylation sites is 2. The summed E-state index contributed by atoms with van der Waals surface area (Å²) in [6.07, 6.45) is 0.776. The molecule has 1 aliphatic heterocycles. The number of hydrogen-bond acceptors (Lipinski definition) is 4. The van der Waals surface area contributed by atoms with E-state index >= 15 is 0 Å². The lowest BCUT2D eigenvalue weighted by Crippen LogP contribution is -2.33. The van der Waals surface area contributed by atoms with E-state index in [1.807, 2.05) is 24.3 Å². The van der Waals surface area contributed by atoms with E-state index in [9.17, 15) is 14.0 Å². The van der Waals surface area contributed by atoms with Crippen LogP contribution < -0.4 is 4.90 Å². The predicted molar refractivity (Wildman–Crippen MR) is 93.7 cm³/mol. The fraction of sp³-hybridized carbons (Fsp3) is 0.200. The maximum atomic E-state index is 13.8. The van der Waals surface area contributed by atoms with Crippen LogP contribution in [0.2, 0.25) is 0 Å². The maximum Gasteiger partial charge on any atom is 0.375 e. The molecule has 132 valence electrons. The number of benzene rings is 2. The summed E-state index contributed by atoms with van der Waals surface area (Å²) >= 11 is 0. The zero-order chi connectivity index (χ0) is 18.3. The number of ether oxygens (including phenoxy) is 1. The van der Waals surface area contributed by atoms with Crippen molar-refractivity contribution in [2.45, 2.75) is 13.3 Å². The van der Waals surface area contributed by atoms with Gasteiger partial charge in [0.05, 0.1) is 0 Å². The van der Waals surface area contributed by atoms with Crippen molar-refractivity contribution in [1.29, 1.82) is 0 Å². The lowest BCUT2D eigenvalue weighted by molar-refractivity contribution is -0.121. The monoisotopic (exact) mass is 353 g/mol. The van der Waals surface area contributed by atoms with Gasteiger partial charge in [-0.2, -0.15) is 0 Å². The Kier molecular flexibility index (Phi) is 3.95. The molecule has 0 bridgehead atoms. The van der Waals surface area contributed by atoms with Crippen molar-refractivity contribution in [1.82, 2.24) is 0 Å². The molecule has 2 aromatic carbocycles. The summed E-state index contributed by atoms with van der Waals surface area (Å²) in [6.45, 7) is 1.82. The highest BCUT2D eigenvalue weighted by Gasteiger charge is 2.26. The molecule has 1 aromatic heterocycles. The first-order valence-electron chi connectivity index (χ1n) is 8.29. The number of rotatable bonds is 3. The number of aryl methyl sites for hydroxylation is 1. The Morgan fingerprint density at radius 1 is 1.19 bits per heavy atom. The summed E-state index contributed by atoms with van der Waals surface area (Å²) in [6, 6.07) is 12.1. The number of hydrogen-bond donors (Lipinski definition) is 0. The van der Waals surface area contributed by atoms with E-state index in [0.717, 1.165) is 17.7 Å². The molecule has 3 aromatic rings. The van der Waals surface area contributed by atoms with Crippen LogP contribution in [0, 0.1) is 12.7 Å². The molecule has 26 heavy (non-hydrogen) atoms. The smallest absolute Gasteiger partial charge is 0.375 e. The van der Waals surface area contributed by atoms with Crippen LogP contribution in [0.5, 0.6) is 0 Å². The molecule has 2 heterocycles. The molecule has 5 nitrogen and oxygen atoms in total. The molecule has 0 unspecified atom stereocenters. The minimum atomic E-state index is -0.779. The lowest BCUT2D eigenvalue weighted by atomic mass is 10.1. The van der Waals surface area contributed by atoms with Gasteiger partial charge in [0.1, 0.15) is 0 Å². The molecule has 0 saturated carbocycles. The second-order valence-electron chi connectivity index (χ2n) is 6.17. The number of carbonyl (C=O) groups is 2. The number of anilines is 1. The van der Waals surface area contributed by atoms with Gasteiger partial charge in [0, 0.05) is 23.2 Å². The van der Waals surface area contributed by atoms with Crippen molar-refractivity contribution in [3.05, 3.63) is 65.2 Å². The number of furan rings is 1. The first kappa shape index (κ1) is 16.3. The molecule has 0 saturated heterocycles. The first-order chi connectivity index (χ1) is 12.6. The van der Waals surface area contributed by atoms with Crippen LogP contribution in [-0.4, -0.2) is 25.0 Å². The third-order valence-electron chi connectivity index (χ3n) is 4.62. The van der Waals surface area contributed by atoms with Gasteiger partial charge in [0.2, 0.25) is 5.76 Å². The molecule has 4 rings (SSSR count). The molecule has 0 spiro atoms. The Morgan fingerprint density at radius 2 is 2.00 bits per heavy atom. The van der Waals surface area contributed by atoms with E-state index in [2.05, 4.69) is 0 Å². The number of fused-ring (bicyclic) bond motifs is 2. The van der Waals surface area contributed by atoms with Crippen LogP contribution in [0.15, 0.2) is 46.9 Å². The van der Waals surface area contributed by atoms with Gasteiger partial charge >= 0.3 is 5.97 Å². The number of carbonyl (C=O) groups excluding carboxylic acids is 2. The summed E-state index contributed by atoms with van der Waals surface area (Å²) in [4.78, 5) is 26.3. The summed E-state index contributed by atoms with van der Waals surface area (Å²) in [7, 11) is 0. The Labute approximate surface area is 149 Å². The second-order valence-corrected chi connectivity index (χ2v) is 6.17. The van der Waals surface area contributed by atoms with E-state index in [4.69, 9.17) is 9.15 Å². The number of halogens is 1. The highest BCUT2D eigenvalue weighted by Crippen LogP contribution is 2.29. The van der Waals surface area contributed by atoms with E-state index in [-0.39, 0.29) is 17.3 Å². The minimum absolute atomic E-state index is 0.0109. The molecular formula is C20H16FNO4. The van der Waals surface area contributed by atoms with Crippen LogP contribution in [0.1, 0.15) is 21.7 Å². The largest absolute Gasteiger partial charge is 0.450 e. The number of esters is 1. The maximum absolute atomic E-state index is 13.8. The Balaban J connectivity index is 1.49. The SMILES string of the molecule is Cc1c(C(=O)OCC(=O)N2CCc3ccccc32)oc2c(F)cccc12. The van der Waals surface area contributed by atoms with Crippen LogP contribution in [0.25, 0.3) is 11.0 Å². The highest BCUT2D eigenvalue weighted by molar-refractivity contribution is 6.00. The summed E-state index contributed by atoms with van der Waals surface area (Å²) in [5, 5.41) is 0.511. The average Bonchev–Trinajstić information content (AvgIpc) is 3.22. The fourth-order valence-corrected chi connectivity index (χ4v) is 3.27. The molecule has 0 N–H and O–H groups in total. The predicted octanol–water partition coefficient (Wildman–Crippen LogP) is 3.63. The molecule has 1 amide bonds. The van der Waals surface area contributed by atoms with Gasteiger partial charge < -0.3 is 14.1 Å². The van der Waals surface area contributed by atoms with E-state index in [0.29, 0.717) is 17.5 Å². The summed E-state index contributed by atoms with van der Waals surface area (Å²) in [5.41, 5.74) is 2.44. The van der Waals surface area contributed by atoms with Crippen molar-refractivity contribution < 1.29 is 23.1 Å². The van der Waals surface area contributed by atoms with Crippen LogP contribution in [0.4, 0.5) is 10.1 Å². The van der Waals surface area contributed by atoms with Crippen LogP contribution >= 0.6 is 0 Å². The number of nitrogens with zero attached hydrogens (tertiary/aromatic N) is 1. The molecule has 1 aliphatic rings. The zero-order valence-corrected chi connectivity index (χ0v) is 14.1. The Bertz CT molecular complexity index is 1020. The topological polar surface area (TPSA) is 59.8 Å².